The Morgan fingerprint density at radius 2 is 2.46 bits per heavy atom. The van der Waals surface area contributed by atoms with Crippen molar-refractivity contribution >= 4 is 5.91 Å². The van der Waals surface area contributed by atoms with Crippen LogP contribution in [0, 0.1) is 0 Å². The maximum Gasteiger partial charge on any atom is 0.248 e. The van der Waals surface area contributed by atoms with E-state index in [1.54, 1.807) is 6.08 Å². The first kappa shape index (κ1) is 9.84. The maximum absolute atomic E-state index is 10.8. The van der Waals surface area contributed by atoms with E-state index >= 15 is 0 Å². The van der Waals surface area contributed by atoms with Crippen molar-refractivity contribution in [1.29, 1.82) is 0 Å². The molecule has 3 nitrogen and oxygen atoms in total. The summed E-state index contributed by atoms with van der Waals surface area (Å²) in [6.45, 7) is 4.02. The smallest absolute Gasteiger partial charge is 0.248 e. The van der Waals surface area contributed by atoms with Crippen molar-refractivity contribution < 1.29 is 4.79 Å². The van der Waals surface area contributed by atoms with Gasteiger partial charge in [-0.15, -0.1) is 0 Å². The Morgan fingerprint density at radius 3 is 2.92 bits per heavy atom. The summed E-state index contributed by atoms with van der Waals surface area (Å²) in [5.41, 5.74) is 5.75. The van der Waals surface area contributed by atoms with E-state index in [1.807, 2.05) is 12.3 Å². The molecule has 1 aliphatic rings. The minimum Gasteiger partial charge on any atom is -0.374 e. The van der Waals surface area contributed by atoms with Crippen LogP contribution >= 0.6 is 0 Å². The van der Waals surface area contributed by atoms with Gasteiger partial charge in [0.2, 0.25) is 5.91 Å². The Kier molecular flexibility index (Phi) is 3.55. The fraction of sp³-hybridized carbons (Fsp3) is 0.500. The largest absolute Gasteiger partial charge is 0.374 e. The zero-order chi connectivity index (χ0) is 9.68. The van der Waals surface area contributed by atoms with Gasteiger partial charge >= 0.3 is 0 Å². The molecule has 0 aliphatic carbocycles. The Morgan fingerprint density at radius 1 is 1.69 bits per heavy atom. The lowest BCUT2D eigenvalue weighted by Gasteiger charge is -2.21. The van der Waals surface area contributed by atoms with Gasteiger partial charge in [0.1, 0.15) is 0 Å². The molecule has 1 aliphatic heterocycles. The van der Waals surface area contributed by atoms with Crippen LogP contribution in [0.2, 0.25) is 0 Å². The second-order valence-electron chi connectivity index (χ2n) is 3.19. The molecule has 0 spiro atoms. The topological polar surface area (TPSA) is 46.3 Å². The normalized spacial score (nSPS) is 15.8. The molecule has 3 heteroatoms. The van der Waals surface area contributed by atoms with Crippen LogP contribution in [-0.4, -0.2) is 23.9 Å². The van der Waals surface area contributed by atoms with Crippen molar-refractivity contribution in [3.8, 4) is 0 Å². The van der Waals surface area contributed by atoms with E-state index in [4.69, 9.17) is 5.73 Å². The molecule has 13 heavy (non-hydrogen) atoms. The zero-order valence-electron chi connectivity index (χ0n) is 7.99. The molecule has 0 bridgehead atoms. The van der Waals surface area contributed by atoms with E-state index in [2.05, 4.69) is 11.8 Å². The molecule has 1 amide bonds. The third-order valence-electron chi connectivity index (χ3n) is 2.09. The second-order valence-corrected chi connectivity index (χ2v) is 3.19. The van der Waals surface area contributed by atoms with Gasteiger partial charge in [-0.25, -0.2) is 0 Å². The molecule has 1 rings (SSSR count). The van der Waals surface area contributed by atoms with Gasteiger partial charge in [0.05, 0.1) is 0 Å². The number of carbonyl (C=O) groups is 1. The van der Waals surface area contributed by atoms with Crippen LogP contribution in [0.25, 0.3) is 0 Å². The van der Waals surface area contributed by atoms with Gasteiger partial charge in [0.15, 0.2) is 0 Å². The Hall–Kier alpha value is -1.25. The van der Waals surface area contributed by atoms with Crippen molar-refractivity contribution in [2.45, 2.75) is 19.8 Å². The van der Waals surface area contributed by atoms with Crippen LogP contribution in [0.3, 0.4) is 0 Å². The lowest BCUT2D eigenvalue weighted by atomic mass is 10.2. The van der Waals surface area contributed by atoms with Crippen molar-refractivity contribution in [1.82, 2.24) is 4.90 Å². The van der Waals surface area contributed by atoms with E-state index in [-0.39, 0.29) is 5.91 Å². The number of primary amides is 1. The summed E-state index contributed by atoms with van der Waals surface area (Å²) in [4.78, 5) is 12.9. The van der Waals surface area contributed by atoms with E-state index in [9.17, 15) is 4.79 Å². The summed E-state index contributed by atoms with van der Waals surface area (Å²) in [7, 11) is 0. The van der Waals surface area contributed by atoms with Crippen LogP contribution in [0.4, 0.5) is 0 Å². The number of rotatable bonds is 4. The van der Waals surface area contributed by atoms with Crippen molar-refractivity contribution in [2.75, 3.05) is 13.1 Å². The first-order valence-electron chi connectivity index (χ1n) is 4.66. The van der Waals surface area contributed by atoms with Crippen molar-refractivity contribution in [3.63, 3.8) is 0 Å². The zero-order valence-corrected chi connectivity index (χ0v) is 7.99. The average molecular weight is 180 g/mol. The quantitative estimate of drug-likeness (QED) is 0.702. The summed E-state index contributed by atoms with van der Waals surface area (Å²) in [6, 6.07) is 0. The molecule has 0 radical (unpaired) electrons. The predicted octanol–water partition coefficient (Wildman–Crippen LogP) is 1.03. The maximum atomic E-state index is 10.8. The van der Waals surface area contributed by atoms with Gasteiger partial charge in [0.25, 0.3) is 0 Å². The number of unbranched alkanes of at least 4 members (excludes halogenated alkanes) is 1. The fourth-order valence-electron chi connectivity index (χ4n) is 1.24. The van der Waals surface area contributed by atoms with E-state index < -0.39 is 0 Å². The summed E-state index contributed by atoms with van der Waals surface area (Å²) >= 11 is 0. The fourth-order valence-corrected chi connectivity index (χ4v) is 1.24. The number of hydrogen-bond acceptors (Lipinski definition) is 2. The van der Waals surface area contributed by atoms with Gasteiger partial charge in [-0.05, 0) is 12.5 Å². The number of carbonyl (C=O) groups excluding carboxylic acids is 1. The van der Waals surface area contributed by atoms with Crippen LogP contribution in [0.1, 0.15) is 19.8 Å². The van der Waals surface area contributed by atoms with Crippen LogP contribution < -0.4 is 5.73 Å². The molecule has 0 unspecified atom stereocenters. The molecule has 1 heterocycles. The Labute approximate surface area is 78.9 Å². The van der Waals surface area contributed by atoms with Crippen LogP contribution in [0.15, 0.2) is 23.9 Å². The molecule has 2 N–H and O–H groups in total. The highest BCUT2D eigenvalue weighted by Crippen LogP contribution is 2.07. The minimum absolute atomic E-state index is 0.341. The lowest BCUT2D eigenvalue weighted by Crippen LogP contribution is -2.24. The average Bonchev–Trinajstić information content (AvgIpc) is 2.15. The SMILES string of the molecule is CCCCN1C=CC(C(N)=O)=CC1. The molecule has 0 aromatic rings. The summed E-state index contributed by atoms with van der Waals surface area (Å²) in [5, 5.41) is 0. The van der Waals surface area contributed by atoms with E-state index in [0.29, 0.717) is 5.57 Å². The summed E-state index contributed by atoms with van der Waals surface area (Å²) in [6.07, 6.45) is 7.97. The highest BCUT2D eigenvalue weighted by atomic mass is 16.1. The lowest BCUT2D eigenvalue weighted by molar-refractivity contribution is -0.114. The third kappa shape index (κ3) is 2.93. The van der Waals surface area contributed by atoms with Gasteiger partial charge in [-0.2, -0.15) is 0 Å². The number of amides is 1. The van der Waals surface area contributed by atoms with Crippen molar-refractivity contribution in [3.05, 3.63) is 23.9 Å². The van der Waals surface area contributed by atoms with E-state index in [1.165, 1.54) is 12.8 Å². The first-order valence-corrected chi connectivity index (χ1v) is 4.66. The minimum atomic E-state index is -0.341. The molecule has 72 valence electrons. The van der Waals surface area contributed by atoms with Gasteiger partial charge in [-0.3, -0.25) is 4.79 Å². The predicted molar refractivity (Wildman–Crippen MR) is 52.9 cm³/mol. The molecule has 0 saturated carbocycles. The molecule has 0 saturated heterocycles. The third-order valence-corrected chi connectivity index (χ3v) is 2.09. The second kappa shape index (κ2) is 4.70. The monoisotopic (exact) mass is 180 g/mol. The molecule has 0 atom stereocenters. The molecular formula is C10H16N2O. The molecule has 0 aromatic heterocycles. The molecule has 0 aromatic carbocycles. The molecule has 0 fully saturated rings. The number of nitrogens with two attached hydrogens (primary N) is 1. The van der Waals surface area contributed by atoms with Crippen LogP contribution in [0.5, 0.6) is 0 Å². The highest BCUT2D eigenvalue weighted by molar-refractivity contribution is 5.94. The standard InChI is InChI=1S/C10H16N2O/c1-2-3-6-12-7-4-9(5-8-12)10(11)13/h4-5,7H,2-3,6,8H2,1H3,(H2,11,13). The molecular weight excluding hydrogens is 164 g/mol. The number of nitrogens with zero attached hydrogens (tertiary/aromatic N) is 1. The summed E-state index contributed by atoms with van der Waals surface area (Å²) in [5.74, 6) is -0.341. The Bertz CT molecular complexity index is 243. The first-order chi connectivity index (χ1) is 6.24. The van der Waals surface area contributed by atoms with Crippen molar-refractivity contribution in [2.24, 2.45) is 5.73 Å². The van der Waals surface area contributed by atoms with Gasteiger partial charge < -0.3 is 10.6 Å². The Balaban J connectivity index is 2.39. The number of hydrogen-bond donors (Lipinski definition) is 1. The highest BCUT2D eigenvalue weighted by Gasteiger charge is 2.07. The van der Waals surface area contributed by atoms with Crippen LogP contribution in [-0.2, 0) is 4.79 Å². The van der Waals surface area contributed by atoms with E-state index in [0.717, 1.165) is 13.1 Å². The van der Waals surface area contributed by atoms with Gasteiger partial charge in [-0.1, -0.05) is 19.4 Å². The van der Waals surface area contributed by atoms with Gasteiger partial charge in [0, 0.05) is 24.9 Å². The summed E-state index contributed by atoms with van der Waals surface area (Å²) < 4.78 is 0.